The lowest BCUT2D eigenvalue weighted by molar-refractivity contribution is 0.102. The summed E-state index contributed by atoms with van der Waals surface area (Å²) in [5.41, 5.74) is 2.24. The van der Waals surface area contributed by atoms with Gasteiger partial charge >= 0.3 is 0 Å². The van der Waals surface area contributed by atoms with Crippen molar-refractivity contribution < 1.29 is 14.3 Å². The molecule has 0 aliphatic heterocycles. The molecule has 0 unspecified atom stereocenters. The first-order valence-electron chi connectivity index (χ1n) is 9.64. The summed E-state index contributed by atoms with van der Waals surface area (Å²) in [6.45, 7) is 1.79. The molecule has 1 heterocycles. The number of hydrogen-bond donors (Lipinski definition) is 1. The summed E-state index contributed by atoms with van der Waals surface area (Å²) in [5.74, 6) is 1.33. The van der Waals surface area contributed by atoms with E-state index in [4.69, 9.17) is 9.47 Å². The molecule has 0 spiro atoms. The molecule has 4 aromatic rings. The molecular weight excluding hydrogens is 394 g/mol. The molecule has 1 amide bonds. The van der Waals surface area contributed by atoms with E-state index in [1.807, 2.05) is 18.2 Å². The summed E-state index contributed by atoms with van der Waals surface area (Å²) in [6.07, 6.45) is 0. The fraction of sp³-hybridized carbons (Fsp3) is 0.125. The zero-order valence-corrected chi connectivity index (χ0v) is 17.4. The Balaban J connectivity index is 1.60. The highest BCUT2D eigenvalue weighted by atomic mass is 16.5. The van der Waals surface area contributed by atoms with Crippen LogP contribution in [-0.2, 0) is 0 Å². The predicted octanol–water partition coefficient (Wildman–Crippen LogP) is 3.96. The van der Waals surface area contributed by atoms with Crippen molar-refractivity contribution in [2.75, 3.05) is 19.5 Å². The van der Waals surface area contributed by atoms with Crippen LogP contribution in [0.4, 0.5) is 5.69 Å². The number of carbonyl (C=O) groups excluding carboxylic acids is 1. The predicted molar refractivity (Wildman–Crippen MR) is 120 cm³/mol. The Morgan fingerprint density at radius 2 is 1.65 bits per heavy atom. The number of rotatable bonds is 5. The zero-order valence-electron chi connectivity index (χ0n) is 17.4. The van der Waals surface area contributed by atoms with Gasteiger partial charge < -0.3 is 14.8 Å². The van der Waals surface area contributed by atoms with Crippen LogP contribution in [0, 0.1) is 6.92 Å². The minimum atomic E-state index is -0.283. The van der Waals surface area contributed by atoms with Crippen molar-refractivity contribution in [2.45, 2.75) is 6.92 Å². The number of amides is 1. The molecule has 4 rings (SSSR count). The summed E-state index contributed by atoms with van der Waals surface area (Å²) in [7, 11) is 3.06. The standard InChI is InChI=1S/C24H21N3O4/c1-15-25-20-7-5-4-6-19(20)24(29)27(15)18-11-9-17(10-12-18)26-23(28)16-8-13-21(30-2)22(14-16)31-3/h4-14H,1-3H3,(H,26,28). The van der Waals surface area contributed by atoms with Crippen LogP contribution in [0.5, 0.6) is 11.5 Å². The first-order valence-corrected chi connectivity index (χ1v) is 9.64. The Bertz CT molecular complexity index is 1330. The minimum Gasteiger partial charge on any atom is -0.493 e. The van der Waals surface area contributed by atoms with E-state index in [1.165, 1.54) is 14.2 Å². The molecule has 0 aliphatic carbocycles. The Hall–Kier alpha value is -4.13. The van der Waals surface area contributed by atoms with Gasteiger partial charge in [-0.05, 0) is 61.5 Å². The van der Waals surface area contributed by atoms with Crippen LogP contribution in [-0.4, -0.2) is 29.7 Å². The first-order chi connectivity index (χ1) is 15.0. The van der Waals surface area contributed by atoms with Gasteiger partial charge in [0.1, 0.15) is 5.82 Å². The van der Waals surface area contributed by atoms with Crippen LogP contribution in [0.1, 0.15) is 16.2 Å². The third-order valence-electron chi connectivity index (χ3n) is 4.97. The smallest absolute Gasteiger partial charge is 0.265 e. The molecule has 0 fully saturated rings. The number of nitrogens with zero attached hydrogens (tertiary/aromatic N) is 2. The van der Waals surface area contributed by atoms with E-state index in [0.29, 0.717) is 45.2 Å². The van der Waals surface area contributed by atoms with Crippen LogP contribution < -0.4 is 20.3 Å². The van der Waals surface area contributed by atoms with Gasteiger partial charge in [-0.3, -0.25) is 14.2 Å². The molecule has 0 saturated carbocycles. The molecule has 7 nitrogen and oxygen atoms in total. The Labute approximate surface area is 178 Å². The molecule has 0 bridgehead atoms. The van der Waals surface area contributed by atoms with Crippen LogP contribution in [0.25, 0.3) is 16.6 Å². The summed E-state index contributed by atoms with van der Waals surface area (Å²) < 4.78 is 12.0. The van der Waals surface area contributed by atoms with Crippen LogP contribution in [0.15, 0.2) is 71.5 Å². The van der Waals surface area contributed by atoms with E-state index in [2.05, 4.69) is 10.3 Å². The fourth-order valence-corrected chi connectivity index (χ4v) is 3.42. The topological polar surface area (TPSA) is 82.5 Å². The molecule has 1 N–H and O–H groups in total. The highest BCUT2D eigenvalue weighted by molar-refractivity contribution is 6.04. The third kappa shape index (κ3) is 3.85. The quantitative estimate of drug-likeness (QED) is 0.533. The van der Waals surface area contributed by atoms with E-state index in [1.54, 1.807) is 60.0 Å². The van der Waals surface area contributed by atoms with Crippen molar-refractivity contribution in [2.24, 2.45) is 0 Å². The number of ether oxygens (including phenoxy) is 2. The monoisotopic (exact) mass is 415 g/mol. The second-order valence-corrected chi connectivity index (χ2v) is 6.89. The second kappa shape index (κ2) is 8.31. The number of methoxy groups -OCH3 is 2. The van der Waals surface area contributed by atoms with Crippen molar-refractivity contribution in [3.8, 4) is 17.2 Å². The Morgan fingerprint density at radius 1 is 0.935 bits per heavy atom. The third-order valence-corrected chi connectivity index (χ3v) is 4.97. The van der Waals surface area contributed by atoms with Crippen molar-refractivity contribution in [1.29, 1.82) is 0 Å². The number of benzene rings is 3. The average Bonchev–Trinajstić information content (AvgIpc) is 2.79. The van der Waals surface area contributed by atoms with Gasteiger partial charge in [-0.1, -0.05) is 12.1 Å². The van der Waals surface area contributed by atoms with Crippen LogP contribution in [0.3, 0.4) is 0 Å². The number of carbonyl (C=O) groups is 1. The van der Waals surface area contributed by atoms with Crippen molar-refractivity contribution >= 4 is 22.5 Å². The number of nitrogens with one attached hydrogen (secondary N) is 1. The number of hydrogen-bond acceptors (Lipinski definition) is 5. The maximum Gasteiger partial charge on any atom is 0.265 e. The van der Waals surface area contributed by atoms with Gasteiger partial charge in [0.2, 0.25) is 0 Å². The summed E-state index contributed by atoms with van der Waals surface area (Å²) in [4.78, 5) is 30.1. The normalized spacial score (nSPS) is 10.7. The summed E-state index contributed by atoms with van der Waals surface area (Å²) in [5, 5.41) is 3.40. The molecule has 0 aliphatic rings. The van der Waals surface area contributed by atoms with E-state index in [9.17, 15) is 9.59 Å². The summed E-state index contributed by atoms with van der Waals surface area (Å²) >= 11 is 0. The van der Waals surface area contributed by atoms with Gasteiger partial charge in [-0.2, -0.15) is 0 Å². The van der Waals surface area contributed by atoms with Gasteiger partial charge in [-0.15, -0.1) is 0 Å². The minimum absolute atomic E-state index is 0.134. The largest absolute Gasteiger partial charge is 0.493 e. The Morgan fingerprint density at radius 3 is 2.35 bits per heavy atom. The molecule has 0 radical (unpaired) electrons. The molecule has 0 atom stereocenters. The van der Waals surface area contributed by atoms with Gasteiger partial charge in [0, 0.05) is 11.3 Å². The lowest BCUT2D eigenvalue weighted by atomic mass is 10.1. The van der Waals surface area contributed by atoms with Crippen molar-refractivity contribution in [3.63, 3.8) is 0 Å². The lowest BCUT2D eigenvalue weighted by Crippen LogP contribution is -2.22. The molecule has 0 saturated heterocycles. The second-order valence-electron chi connectivity index (χ2n) is 6.89. The van der Waals surface area contributed by atoms with E-state index >= 15 is 0 Å². The SMILES string of the molecule is COc1ccc(C(=O)Nc2ccc(-n3c(C)nc4ccccc4c3=O)cc2)cc1OC. The molecular formula is C24H21N3O4. The number of aromatic nitrogens is 2. The highest BCUT2D eigenvalue weighted by Crippen LogP contribution is 2.28. The average molecular weight is 415 g/mol. The number of anilines is 1. The zero-order chi connectivity index (χ0) is 22.0. The van der Waals surface area contributed by atoms with E-state index < -0.39 is 0 Å². The van der Waals surface area contributed by atoms with Crippen molar-refractivity contribution in [1.82, 2.24) is 9.55 Å². The number of aryl methyl sites for hydroxylation is 1. The maximum absolute atomic E-state index is 12.9. The van der Waals surface area contributed by atoms with Crippen molar-refractivity contribution in [3.05, 3.63) is 88.5 Å². The van der Waals surface area contributed by atoms with Crippen LogP contribution in [0.2, 0.25) is 0 Å². The van der Waals surface area contributed by atoms with Gasteiger partial charge in [0.15, 0.2) is 11.5 Å². The molecule has 1 aromatic heterocycles. The number of para-hydroxylation sites is 1. The molecule has 31 heavy (non-hydrogen) atoms. The highest BCUT2D eigenvalue weighted by Gasteiger charge is 2.12. The molecule has 156 valence electrons. The maximum atomic E-state index is 12.9. The van der Waals surface area contributed by atoms with Gasteiger partial charge in [-0.25, -0.2) is 4.98 Å². The van der Waals surface area contributed by atoms with E-state index in [-0.39, 0.29) is 11.5 Å². The first kappa shape index (κ1) is 20.2. The lowest BCUT2D eigenvalue weighted by Gasteiger charge is -2.12. The van der Waals surface area contributed by atoms with Crippen LogP contribution >= 0.6 is 0 Å². The molecule has 3 aromatic carbocycles. The van der Waals surface area contributed by atoms with E-state index in [0.717, 1.165) is 0 Å². The fourth-order valence-electron chi connectivity index (χ4n) is 3.42. The van der Waals surface area contributed by atoms with Gasteiger partial charge in [0.05, 0.1) is 30.8 Å². The Kier molecular flexibility index (Phi) is 5.41. The number of fused-ring (bicyclic) bond motifs is 1. The summed E-state index contributed by atoms with van der Waals surface area (Å²) in [6, 6.07) is 19.2. The molecule has 7 heteroatoms. The van der Waals surface area contributed by atoms with Gasteiger partial charge in [0.25, 0.3) is 11.5 Å².